The lowest BCUT2D eigenvalue weighted by Crippen LogP contribution is -2.07. The van der Waals surface area contributed by atoms with E-state index in [-0.39, 0.29) is 5.92 Å². The fraction of sp³-hybridized carbons (Fsp3) is 0.250. The van der Waals surface area contributed by atoms with Crippen LogP contribution < -0.4 is 0 Å². The van der Waals surface area contributed by atoms with Crippen LogP contribution in [-0.2, 0) is 0 Å². The van der Waals surface area contributed by atoms with E-state index in [9.17, 15) is 5.11 Å². The Labute approximate surface area is 121 Å². The van der Waals surface area contributed by atoms with Crippen molar-refractivity contribution in [3.05, 3.63) is 49.3 Å². The number of hydrogen-bond donors (Lipinski definition) is 1. The fourth-order valence-corrected chi connectivity index (χ4v) is 3.74. The highest BCUT2D eigenvalue weighted by Crippen LogP contribution is 2.39. The van der Waals surface area contributed by atoms with E-state index in [0.29, 0.717) is 0 Å². The lowest BCUT2D eigenvalue weighted by molar-refractivity contribution is 0.153. The molecule has 2 atom stereocenters. The molecule has 2 unspecified atom stereocenters. The van der Waals surface area contributed by atoms with E-state index >= 15 is 0 Å². The zero-order chi connectivity index (χ0) is 12.4. The Morgan fingerprint density at radius 3 is 2.65 bits per heavy atom. The van der Waals surface area contributed by atoms with Crippen molar-refractivity contribution in [2.24, 2.45) is 0 Å². The number of pyridine rings is 1. The van der Waals surface area contributed by atoms with Crippen LogP contribution in [0.25, 0.3) is 0 Å². The summed E-state index contributed by atoms with van der Waals surface area (Å²) in [6.07, 6.45) is 1.22. The van der Waals surface area contributed by atoms with Gasteiger partial charge in [0.25, 0.3) is 0 Å². The Bertz CT molecular complexity index is 481. The third-order valence-corrected chi connectivity index (χ3v) is 5.91. The summed E-state index contributed by atoms with van der Waals surface area (Å²) >= 11 is 8.40. The SMILES string of the molecule is CC(c1ccccn1)C(O)c1cc(Br)c(Br)s1. The molecule has 1 N–H and O–H groups in total. The number of aromatic nitrogens is 1. The maximum Gasteiger partial charge on any atom is 0.0963 e. The van der Waals surface area contributed by atoms with Crippen LogP contribution in [0, 0.1) is 0 Å². The highest BCUT2D eigenvalue weighted by molar-refractivity contribution is 9.13. The minimum atomic E-state index is -0.530. The van der Waals surface area contributed by atoms with Gasteiger partial charge in [-0.25, -0.2) is 0 Å². The van der Waals surface area contributed by atoms with Crippen molar-refractivity contribution >= 4 is 43.2 Å². The molecule has 0 bridgehead atoms. The van der Waals surface area contributed by atoms with E-state index < -0.39 is 6.10 Å². The van der Waals surface area contributed by atoms with Crippen molar-refractivity contribution in [1.29, 1.82) is 0 Å². The van der Waals surface area contributed by atoms with E-state index in [1.807, 2.05) is 31.2 Å². The van der Waals surface area contributed by atoms with Crippen LogP contribution in [0.3, 0.4) is 0 Å². The average molecular weight is 377 g/mol. The predicted octanol–water partition coefficient (Wildman–Crippen LogP) is 4.51. The number of thiophene rings is 1. The van der Waals surface area contributed by atoms with Gasteiger partial charge in [-0.1, -0.05) is 13.0 Å². The summed E-state index contributed by atoms with van der Waals surface area (Å²) in [5.74, 6) is -0.0198. The molecule has 0 saturated heterocycles. The summed E-state index contributed by atoms with van der Waals surface area (Å²) in [7, 11) is 0. The van der Waals surface area contributed by atoms with Gasteiger partial charge < -0.3 is 5.11 Å². The second-order valence-corrected chi connectivity index (χ2v) is 7.01. The molecule has 17 heavy (non-hydrogen) atoms. The topological polar surface area (TPSA) is 33.1 Å². The van der Waals surface area contributed by atoms with Gasteiger partial charge in [0.05, 0.1) is 9.89 Å². The maximum atomic E-state index is 10.3. The van der Waals surface area contributed by atoms with Gasteiger partial charge >= 0.3 is 0 Å². The number of rotatable bonds is 3. The molecule has 0 fully saturated rings. The van der Waals surface area contributed by atoms with E-state index in [1.165, 1.54) is 11.3 Å². The van der Waals surface area contributed by atoms with Gasteiger partial charge in [0.1, 0.15) is 0 Å². The first-order valence-electron chi connectivity index (χ1n) is 5.13. The maximum absolute atomic E-state index is 10.3. The molecule has 0 saturated carbocycles. The van der Waals surface area contributed by atoms with E-state index in [0.717, 1.165) is 18.8 Å². The fourth-order valence-electron chi connectivity index (χ4n) is 1.56. The van der Waals surface area contributed by atoms with Gasteiger partial charge in [0.2, 0.25) is 0 Å². The Morgan fingerprint density at radius 1 is 1.35 bits per heavy atom. The van der Waals surface area contributed by atoms with Crippen molar-refractivity contribution in [2.75, 3.05) is 0 Å². The van der Waals surface area contributed by atoms with E-state index in [2.05, 4.69) is 36.8 Å². The molecule has 2 rings (SSSR count). The standard InChI is InChI=1S/C12H11Br2NOS/c1-7(9-4-2-3-5-15-9)11(16)10-6-8(13)12(14)17-10/h2-7,11,16H,1H3. The lowest BCUT2D eigenvalue weighted by atomic mass is 9.99. The van der Waals surface area contributed by atoms with Crippen LogP contribution in [0.5, 0.6) is 0 Å². The van der Waals surface area contributed by atoms with Crippen molar-refractivity contribution in [1.82, 2.24) is 4.98 Å². The van der Waals surface area contributed by atoms with Gasteiger partial charge in [0.15, 0.2) is 0 Å². The zero-order valence-corrected chi connectivity index (χ0v) is 13.1. The van der Waals surface area contributed by atoms with Crippen LogP contribution in [0.4, 0.5) is 0 Å². The van der Waals surface area contributed by atoms with Crippen molar-refractivity contribution < 1.29 is 5.11 Å². The highest BCUT2D eigenvalue weighted by atomic mass is 79.9. The summed E-state index contributed by atoms with van der Waals surface area (Å²) < 4.78 is 1.98. The van der Waals surface area contributed by atoms with Crippen LogP contribution >= 0.6 is 43.2 Å². The minimum absolute atomic E-state index is 0.0198. The molecule has 0 aromatic carbocycles. The quantitative estimate of drug-likeness (QED) is 0.854. The smallest absolute Gasteiger partial charge is 0.0963 e. The van der Waals surface area contributed by atoms with E-state index in [1.54, 1.807) is 6.20 Å². The molecule has 0 amide bonds. The monoisotopic (exact) mass is 375 g/mol. The molecule has 2 nitrogen and oxygen atoms in total. The first-order chi connectivity index (χ1) is 8.09. The lowest BCUT2D eigenvalue weighted by Gasteiger charge is -2.16. The summed E-state index contributed by atoms with van der Waals surface area (Å²) in [6, 6.07) is 7.69. The van der Waals surface area contributed by atoms with Crippen molar-refractivity contribution in [2.45, 2.75) is 18.9 Å². The molecule has 5 heteroatoms. The van der Waals surface area contributed by atoms with Crippen LogP contribution in [0.15, 0.2) is 38.7 Å². The Balaban J connectivity index is 2.23. The molecule has 90 valence electrons. The first-order valence-corrected chi connectivity index (χ1v) is 7.53. The van der Waals surface area contributed by atoms with Crippen molar-refractivity contribution in [3.8, 4) is 0 Å². The molecule has 0 radical (unpaired) electrons. The summed E-state index contributed by atoms with van der Waals surface area (Å²) in [5, 5.41) is 10.3. The number of hydrogen-bond acceptors (Lipinski definition) is 3. The van der Waals surface area contributed by atoms with Gasteiger partial charge in [-0.15, -0.1) is 11.3 Å². The molecule has 0 spiro atoms. The summed E-state index contributed by atoms with van der Waals surface area (Å²) in [6.45, 7) is 1.98. The third-order valence-electron chi connectivity index (χ3n) is 2.58. The Morgan fingerprint density at radius 2 is 2.12 bits per heavy atom. The molecular formula is C12H11Br2NOS. The number of aliphatic hydroxyl groups excluding tert-OH is 1. The van der Waals surface area contributed by atoms with Gasteiger partial charge in [0, 0.05) is 27.2 Å². The largest absolute Gasteiger partial charge is 0.387 e. The molecule has 2 aromatic rings. The van der Waals surface area contributed by atoms with Crippen molar-refractivity contribution in [3.63, 3.8) is 0 Å². The molecule has 2 aromatic heterocycles. The average Bonchev–Trinajstić information content (AvgIpc) is 2.69. The summed E-state index contributed by atoms with van der Waals surface area (Å²) in [4.78, 5) is 5.21. The predicted molar refractivity (Wildman–Crippen MR) is 77.3 cm³/mol. The highest BCUT2D eigenvalue weighted by Gasteiger charge is 2.21. The summed E-state index contributed by atoms with van der Waals surface area (Å²) in [5.41, 5.74) is 0.903. The normalized spacial score (nSPS) is 14.6. The Hall–Kier alpha value is -0.230. The minimum Gasteiger partial charge on any atom is -0.387 e. The third kappa shape index (κ3) is 2.96. The van der Waals surface area contributed by atoms with Gasteiger partial charge in [-0.3, -0.25) is 4.98 Å². The Kier molecular flexibility index (Phi) is 4.36. The number of halogens is 2. The zero-order valence-electron chi connectivity index (χ0n) is 9.10. The second kappa shape index (κ2) is 5.61. The molecule has 0 aliphatic carbocycles. The molecular weight excluding hydrogens is 366 g/mol. The molecule has 2 heterocycles. The second-order valence-electron chi connectivity index (χ2n) is 3.76. The molecule has 0 aliphatic rings. The number of nitrogens with zero attached hydrogens (tertiary/aromatic N) is 1. The van der Waals surface area contributed by atoms with Crippen LogP contribution in [-0.4, -0.2) is 10.1 Å². The number of aliphatic hydroxyl groups is 1. The van der Waals surface area contributed by atoms with Gasteiger partial charge in [-0.2, -0.15) is 0 Å². The first kappa shape index (κ1) is 13.2. The van der Waals surface area contributed by atoms with E-state index in [4.69, 9.17) is 0 Å². The van der Waals surface area contributed by atoms with Gasteiger partial charge in [-0.05, 0) is 50.1 Å². The molecule has 0 aliphatic heterocycles. The van der Waals surface area contributed by atoms with Crippen LogP contribution in [0.2, 0.25) is 0 Å². The van der Waals surface area contributed by atoms with Crippen LogP contribution in [0.1, 0.15) is 29.5 Å².